The lowest BCUT2D eigenvalue weighted by Crippen LogP contribution is -2.17. The van der Waals surface area contributed by atoms with Gasteiger partial charge in [0.2, 0.25) is 0 Å². The molecule has 0 radical (unpaired) electrons. The van der Waals surface area contributed by atoms with Gasteiger partial charge in [0.1, 0.15) is 5.75 Å². The van der Waals surface area contributed by atoms with E-state index in [2.05, 4.69) is 11.8 Å². The summed E-state index contributed by atoms with van der Waals surface area (Å²) in [6, 6.07) is 3.53. The van der Waals surface area contributed by atoms with Gasteiger partial charge < -0.3 is 10.2 Å². The quantitative estimate of drug-likeness (QED) is 0.713. The van der Waals surface area contributed by atoms with Crippen LogP contribution in [-0.4, -0.2) is 16.2 Å². The van der Waals surface area contributed by atoms with Gasteiger partial charge in [-0.25, -0.2) is 4.79 Å². The van der Waals surface area contributed by atoms with Gasteiger partial charge in [-0.1, -0.05) is 47.5 Å². The van der Waals surface area contributed by atoms with Crippen LogP contribution in [0.3, 0.4) is 0 Å². The number of hydrogen-bond donors (Lipinski definition) is 2. The first-order chi connectivity index (χ1) is 8.93. The summed E-state index contributed by atoms with van der Waals surface area (Å²) >= 11 is 0. The van der Waals surface area contributed by atoms with Gasteiger partial charge in [0.05, 0.1) is 0 Å². The number of rotatable bonds is 0. The predicted molar refractivity (Wildman–Crippen MR) is 80.0 cm³/mol. The second kappa shape index (κ2) is 5.20. The smallest absolute Gasteiger partial charge is 0.382 e. The molecule has 0 aromatic heterocycles. The molecule has 1 rings (SSSR count). The van der Waals surface area contributed by atoms with Gasteiger partial charge >= 0.3 is 5.97 Å². The maximum absolute atomic E-state index is 10.6. The number of phenolic OH excluding ortho intramolecular Hbond substituents is 1. The molecule has 20 heavy (non-hydrogen) atoms. The Labute approximate surface area is 120 Å². The molecule has 0 heterocycles. The SMILES string of the molecule is CC(C)(C)c1cc(C#CC(=O)O)cc(C(C)(C)C)c1O. The van der Waals surface area contributed by atoms with Gasteiger partial charge in [-0.05, 0) is 23.0 Å². The Balaban J connectivity index is 3.60. The first-order valence-electron chi connectivity index (χ1n) is 6.56. The van der Waals surface area contributed by atoms with Crippen molar-refractivity contribution in [2.45, 2.75) is 52.4 Å². The first kappa shape index (κ1) is 16.1. The molecule has 0 aliphatic heterocycles. The van der Waals surface area contributed by atoms with Crippen LogP contribution in [0.25, 0.3) is 0 Å². The van der Waals surface area contributed by atoms with Crippen molar-refractivity contribution in [3.8, 4) is 17.6 Å². The van der Waals surface area contributed by atoms with Crippen LogP contribution in [0.1, 0.15) is 58.2 Å². The van der Waals surface area contributed by atoms with Crippen LogP contribution in [0.15, 0.2) is 12.1 Å². The van der Waals surface area contributed by atoms with Crippen molar-refractivity contribution in [3.63, 3.8) is 0 Å². The highest BCUT2D eigenvalue weighted by Crippen LogP contribution is 2.39. The van der Waals surface area contributed by atoms with Crippen molar-refractivity contribution in [3.05, 3.63) is 28.8 Å². The number of carbonyl (C=O) groups is 1. The summed E-state index contributed by atoms with van der Waals surface area (Å²) in [5.74, 6) is 3.87. The molecule has 0 amide bonds. The topological polar surface area (TPSA) is 57.5 Å². The van der Waals surface area contributed by atoms with Gasteiger partial charge in [0.25, 0.3) is 0 Å². The lowest BCUT2D eigenvalue weighted by atomic mass is 9.78. The number of phenols is 1. The minimum atomic E-state index is -1.16. The molecule has 1 aromatic rings. The Hall–Kier alpha value is -1.95. The minimum Gasteiger partial charge on any atom is -0.507 e. The van der Waals surface area contributed by atoms with E-state index in [-0.39, 0.29) is 16.6 Å². The van der Waals surface area contributed by atoms with E-state index in [4.69, 9.17) is 5.11 Å². The lowest BCUT2D eigenvalue weighted by molar-refractivity contribution is -0.130. The number of carboxylic acids is 1. The fraction of sp³-hybridized carbons (Fsp3) is 0.471. The second-order valence-corrected chi connectivity index (χ2v) is 6.98. The van der Waals surface area contributed by atoms with Gasteiger partial charge in [-0.2, -0.15) is 0 Å². The van der Waals surface area contributed by atoms with Crippen molar-refractivity contribution < 1.29 is 15.0 Å². The molecule has 0 unspecified atom stereocenters. The minimum absolute atomic E-state index is 0.245. The monoisotopic (exact) mass is 274 g/mol. The summed E-state index contributed by atoms with van der Waals surface area (Å²) in [5.41, 5.74) is 1.68. The van der Waals surface area contributed by atoms with E-state index >= 15 is 0 Å². The van der Waals surface area contributed by atoms with Crippen molar-refractivity contribution >= 4 is 5.97 Å². The van der Waals surface area contributed by atoms with E-state index in [1.807, 2.05) is 41.5 Å². The van der Waals surface area contributed by atoms with E-state index in [1.165, 1.54) is 0 Å². The zero-order chi connectivity index (χ0) is 15.7. The number of benzene rings is 1. The highest BCUT2D eigenvalue weighted by atomic mass is 16.4. The number of aromatic hydroxyl groups is 1. The molecule has 2 N–H and O–H groups in total. The average molecular weight is 274 g/mol. The van der Waals surface area contributed by atoms with E-state index < -0.39 is 5.97 Å². The van der Waals surface area contributed by atoms with Crippen LogP contribution in [-0.2, 0) is 15.6 Å². The molecule has 0 atom stereocenters. The van der Waals surface area contributed by atoms with Crippen LogP contribution in [0.4, 0.5) is 0 Å². The third kappa shape index (κ3) is 3.77. The van der Waals surface area contributed by atoms with Gasteiger partial charge in [0.15, 0.2) is 0 Å². The standard InChI is InChI=1S/C17H22O3/c1-16(2,3)12-9-11(7-8-14(18)19)10-13(15(12)20)17(4,5)6/h9-10,20H,1-6H3,(H,18,19). The van der Waals surface area contributed by atoms with E-state index in [0.717, 1.165) is 11.1 Å². The summed E-state index contributed by atoms with van der Waals surface area (Å²) < 4.78 is 0. The molecule has 3 heteroatoms. The molecule has 0 fully saturated rings. The molecule has 0 bridgehead atoms. The largest absolute Gasteiger partial charge is 0.507 e. The van der Waals surface area contributed by atoms with Crippen LogP contribution in [0.2, 0.25) is 0 Å². The third-order valence-electron chi connectivity index (χ3n) is 3.04. The van der Waals surface area contributed by atoms with Gasteiger partial charge in [-0.3, -0.25) is 0 Å². The Morgan fingerprint density at radius 1 is 1.00 bits per heavy atom. The first-order valence-corrected chi connectivity index (χ1v) is 6.56. The molecule has 0 spiro atoms. The van der Waals surface area contributed by atoms with Crippen LogP contribution in [0.5, 0.6) is 5.75 Å². The molecular weight excluding hydrogens is 252 g/mol. The van der Waals surface area contributed by atoms with Crippen molar-refractivity contribution in [2.75, 3.05) is 0 Å². The molecule has 0 saturated carbocycles. The zero-order valence-electron chi connectivity index (χ0n) is 13.0. The Morgan fingerprint density at radius 3 is 1.70 bits per heavy atom. The molecule has 1 aromatic carbocycles. The molecule has 0 aliphatic carbocycles. The summed E-state index contributed by atoms with van der Waals surface area (Å²) in [6.45, 7) is 12.0. The number of aliphatic carboxylic acids is 1. The van der Waals surface area contributed by atoms with Crippen LogP contribution < -0.4 is 0 Å². The zero-order valence-corrected chi connectivity index (χ0v) is 13.0. The summed E-state index contributed by atoms with van der Waals surface area (Å²) in [7, 11) is 0. The number of hydrogen-bond acceptors (Lipinski definition) is 2. The van der Waals surface area contributed by atoms with E-state index in [0.29, 0.717) is 5.56 Å². The molecule has 108 valence electrons. The van der Waals surface area contributed by atoms with Gasteiger partial charge in [0, 0.05) is 22.6 Å². The van der Waals surface area contributed by atoms with Crippen molar-refractivity contribution in [2.24, 2.45) is 0 Å². The second-order valence-electron chi connectivity index (χ2n) is 6.98. The summed E-state index contributed by atoms with van der Waals surface area (Å²) in [6.07, 6.45) is 0. The highest BCUT2D eigenvalue weighted by Gasteiger charge is 2.26. The van der Waals surface area contributed by atoms with Crippen molar-refractivity contribution in [1.82, 2.24) is 0 Å². The van der Waals surface area contributed by atoms with E-state index in [1.54, 1.807) is 12.1 Å². The Kier molecular flexibility index (Phi) is 4.19. The highest BCUT2D eigenvalue weighted by molar-refractivity contribution is 5.87. The lowest BCUT2D eigenvalue weighted by Gasteiger charge is -2.27. The molecule has 0 aliphatic rings. The molecule has 0 saturated heterocycles. The predicted octanol–water partition coefficient (Wildman–Crippen LogP) is 3.42. The Bertz CT molecular complexity index is 552. The maximum atomic E-state index is 10.6. The molecule has 3 nitrogen and oxygen atoms in total. The van der Waals surface area contributed by atoms with Crippen molar-refractivity contribution in [1.29, 1.82) is 0 Å². The molecular formula is C17H22O3. The van der Waals surface area contributed by atoms with Crippen LogP contribution >= 0.6 is 0 Å². The summed E-state index contributed by atoms with van der Waals surface area (Å²) in [4.78, 5) is 10.6. The number of carboxylic acid groups (broad SMARTS) is 1. The average Bonchev–Trinajstić information content (AvgIpc) is 2.24. The summed E-state index contributed by atoms with van der Waals surface area (Å²) in [5, 5.41) is 19.2. The fourth-order valence-electron chi connectivity index (χ4n) is 1.98. The normalized spacial score (nSPS) is 11.7. The van der Waals surface area contributed by atoms with Crippen LogP contribution in [0, 0.1) is 11.8 Å². The Morgan fingerprint density at radius 2 is 1.40 bits per heavy atom. The third-order valence-corrected chi connectivity index (χ3v) is 3.04. The fourth-order valence-corrected chi connectivity index (χ4v) is 1.98. The van der Waals surface area contributed by atoms with E-state index in [9.17, 15) is 9.90 Å². The maximum Gasteiger partial charge on any atom is 0.382 e. The van der Waals surface area contributed by atoms with Gasteiger partial charge in [-0.15, -0.1) is 0 Å².